The van der Waals surface area contributed by atoms with E-state index in [2.05, 4.69) is 9.71 Å². The van der Waals surface area contributed by atoms with Crippen LogP contribution in [-0.2, 0) is 16.2 Å². The van der Waals surface area contributed by atoms with E-state index in [0.717, 1.165) is 10.8 Å². The van der Waals surface area contributed by atoms with Crippen molar-refractivity contribution in [2.24, 2.45) is 0 Å². The molecule has 0 aliphatic heterocycles. The Morgan fingerprint density at radius 3 is 2.26 bits per heavy atom. The zero-order valence-electron chi connectivity index (χ0n) is 16.5. The van der Waals surface area contributed by atoms with E-state index in [1.165, 1.54) is 23.5 Å². The van der Waals surface area contributed by atoms with Crippen LogP contribution in [0.5, 0.6) is 10.9 Å². The van der Waals surface area contributed by atoms with Crippen molar-refractivity contribution in [3.8, 4) is 10.9 Å². The van der Waals surface area contributed by atoms with E-state index in [0.29, 0.717) is 23.3 Å². The Hall–Kier alpha value is -2.44. The van der Waals surface area contributed by atoms with Crippen molar-refractivity contribution in [3.05, 3.63) is 69.2 Å². The minimum absolute atomic E-state index is 0.0332. The third-order valence-corrected chi connectivity index (χ3v) is 7.72. The Kier molecular flexibility index (Phi) is 6.51. The number of nitrogens with zero attached hydrogens (tertiary/aromatic N) is 1. The summed E-state index contributed by atoms with van der Waals surface area (Å²) in [6.07, 6.45) is -4.67. The average Bonchev–Trinajstić information content (AvgIpc) is 3.11. The van der Waals surface area contributed by atoms with E-state index in [1.807, 2.05) is 0 Å². The van der Waals surface area contributed by atoms with Crippen LogP contribution in [0.25, 0.3) is 10.2 Å². The first-order chi connectivity index (χ1) is 15.8. The zero-order chi connectivity index (χ0) is 24.8. The number of hydrogen-bond acceptors (Lipinski definition) is 6. The number of thiazole rings is 1. The molecule has 0 fully saturated rings. The number of nitrogens with two attached hydrogens (primary N) is 1. The normalized spacial score (nSPS) is 12.2. The summed E-state index contributed by atoms with van der Waals surface area (Å²) in [6, 6.07) is 9.52. The van der Waals surface area contributed by atoms with E-state index in [-0.39, 0.29) is 26.7 Å². The van der Waals surface area contributed by atoms with E-state index >= 15 is 0 Å². The first kappa shape index (κ1) is 24.7. The molecule has 0 aliphatic rings. The van der Waals surface area contributed by atoms with Crippen LogP contribution >= 0.6 is 46.1 Å². The van der Waals surface area contributed by atoms with Gasteiger partial charge in [0.25, 0.3) is 15.2 Å². The number of nitrogens with one attached hydrogen (secondary N) is 1. The molecule has 34 heavy (non-hydrogen) atoms. The van der Waals surface area contributed by atoms with Gasteiger partial charge in [0.2, 0.25) is 0 Å². The number of halogens is 6. The number of benzene rings is 3. The maximum Gasteiger partial charge on any atom is 0.416 e. The second kappa shape index (κ2) is 8.97. The van der Waals surface area contributed by atoms with Crippen LogP contribution in [0.3, 0.4) is 0 Å². The molecule has 1 heterocycles. The number of hydrogen-bond donors (Lipinski definition) is 2. The number of rotatable bonds is 5. The number of nitrogen functional groups attached to an aromatic ring is 1. The lowest BCUT2D eigenvalue weighted by Gasteiger charge is -2.14. The van der Waals surface area contributed by atoms with E-state index in [4.69, 9.17) is 45.3 Å². The van der Waals surface area contributed by atoms with Gasteiger partial charge in [-0.3, -0.25) is 4.72 Å². The van der Waals surface area contributed by atoms with Crippen molar-refractivity contribution in [1.29, 1.82) is 0 Å². The Bertz CT molecular complexity index is 1500. The lowest BCUT2D eigenvalue weighted by molar-refractivity contribution is -0.137. The van der Waals surface area contributed by atoms with Crippen molar-refractivity contribution >= 4 is 77.8 Å². The molecule has 0 saturated heterocycles. The van der Waals surface area contributed by atoms with Gasteiger partial charge in [0.15, 0.2) is 5.75 Å². The predicted octanol–water partition coefficient (Wildman–Crippen LogP) is 7.45. The van der Waals surface area contributed by atoms with Gasteiger partial charge < -0.3 is 10.5 Å². The summed E-state index contributed by atoms with van der Waals surface area (Å²) >= 11 is 19.5. The molecule has 3 N–H and O–H groups in total. The maximum atomic E-state index is 12.8. The van der Waals surface area contributed by atoms with Crippen molar-refractivity contribution in [2.45, 2.75) is 11.1 Å². The molecule has 6 nitrogen and oxygen atoms in total. The number of anilines is 2. The molecule has 0 radical (unpaired) electrons. The van der Waals surface area contributed by atoms with Crippen LogP contribution < -0.4 is 15.2 Å². The minimum atomic E-state index is -4.67. The Labute approximate surface area is 210 Å². The second-order valence-corrected chi connectivity index (χ2v) is 10.7. The van der Waals surface area contributed by atoms with Gasteiger partial charge in [-0.15, -0.1) is 0 Å². The molecular weight excluding hydrogens is 558 g/mol. The predicted molar refractivity (Wildman–Crippen MR) is 128 cm³/mol. The molecule has 3 aromatic carbocycles. The van der Waals surface area contributed by atoms with Gasteiger partial charge in [0, 0.05) is 5.69 Å². The fourth-order valence-corrected chi connectivity index (χ4v) is 5.83. The van der Waals surface area contributed by atoms with Crippen LogP contribution in [0, 0.1) is 0 Å². The highest BCUT2D eigenvalue weighted by Gasteiger charge is 2.32. The quantitative estimate of drug-likeness (QED) is 0.244. The van der Waals surface area contributed by atoms with E-state index < -0.39 is 31.7 Å². The highest BCUT2D eigenvalue weighted by molar-refractivity contribution is 7.92. The third-order valence-electron chi connectivity index (χ3n) is 4.38. The smallest absolute Gasteiger partial charge is 0.416 e. The minimum Gasteiger partial charge on any atom is -0.428 e. The van der Waals surface area contributed by atoms with E-state index in [1.54, 1.807) is 18.2 Å². The lowest BCUT2D eigenvalue weighted by Crippen LogP contribution is -2.14. The molecule has 0 atom stereocenters. The van der Waals surface area contributed by atoms with Crippen molar-refractivity contribution in [1.82, 2.24) is 4.98 Å². The summed E-state index contributed by atoms with van der Waals surface area (Å²) in [5.41, 5.74) is 5.75. The van der Waals surface area contributed by atoms with Gasteiger partial charge in [-0.1, -0.05) is 46.1 Å². The average molecular weight is 569 g/mol. The van der Waals surface area contributed by atoms with Crippen LogP contribution in [0.1, 0.15) is 5.56 Å². The summed E-state index contributed by atoms with van der Waals surface area (Å²) in [6.45, 7) is 0. The molecule has 1 aromatic heterocycles. The summed E-state index contributed by atoms with van der Waals surface area (Å²) in [4.78, 5) is 3.75. The Balaban J connectivity index is 1.60. The fourth-order valence-electron chi connectivity index (χ4n) is 2.88. The standard InChI is InChI=1S/C20H11Cl3F3N3O3S2/c21-12-5-9(20(24,25)26)1-4-17(12)34(30,31)29-11-7-13(22)18(14(23)8-11)32-19-28-15-6-10(27)2-3-16(15)33-19/h1-8,29H,27H2. The fraction of sp³-hybridized carbons (Fsp3) is 0.0500. The molecule has 4 aromatic rings. The lowest BCUT2D eigenvalue weighted by atomic mass is 10.2. The third kappa shape index (κ3) is 5.13. The number of ether oxygens (including phenoxy) is 1. The molecule has 0 bridgehead atoms. The summed E-state index contributed by atoms with van der Waals surface area (Å²) in [5, 5.41) is -0.449. The van der Waals surface area contributed by atoms with Crippen molar-refractivity contribution in [2.75, 3.05) is 10.5 Å². The van der Waals surface area contributed by atoms with Crippen molar-refractivity contribution < 1.29 is 26.3 Å². The van der Waals surface area contributed by atoms with Gasteiger partial charge in [0.1, 0.15) is 4.90 Å². The molecule has 4 rings (SSSR count). The first-order valence-electron chi connectivity index (χ1n) is 9.06. The van der Waals surface area contributed by atoms with Crippen LogP contribution in [-0.4, -0.2) is 13.4 Å². The number of sulfonamides is 1. The van der Waals surface area contributed by atoms with Crippen LogP contribution in [0.2, 0.25) is 15.1 Å². The topological polar surface area (TPSA) is 94.3 Å². The number of fused-ring (bicyclic) bond motifs is 1. The Morgan fingerprint density at radius 2 is 1.65 bits per heavy atom. The molecule has 0 amide bonds. The van der Waals surface area contributed by atoms with Crippen LogP contribution in [0.15, 0.2) is 53.4 Å². The molecular formula is C20H11Cl3F3N3O3S2. The Morgan fingerprint density at radius 1 is 0.971 bits per heavy atom. The van der Waals surface area contributed by atoms with Gasteiger partial charge in [-0.05, 0) is 48.5 Å². The van der Waals surface area contributed by atoms with Crippen molar-refractivity contribution in [3.63, 3.8) is 0 Å². The molecule has 0 unspecified atom stereocenters. The number of aromatic nitrogens is 1. The summed E-state index contributed by atoms with van der Waals surface area (Å²) in [7, 11) is -4.36. The molecule has 178 valence electrons. The zero-order valence-corrected chi connectivity index (χ0v) is 20.4. The molecule has 0 aliphatic carbocycles. The van der Waals surface area contributed by atoms with E-state index in [9.17, 15) is 21.6 Å². The van der Waals surface area contributed by atoms with Gasteiger partial charge in [-0.2, -0.15) is 13.2 Å². The second-order valence-electron chi connectivity index (χ2n) is 6.83. The highest BCUT2D eigenvalue weighted by atomic mass is 35.5. The summed E-state index contributed by atoms with van der Waals surface area (Å²) in [5.74, 6) is 0.0332. The van der Waals surface area contributed by atoms with Gasteiger partial charge >= 0.3 is 6.18 Å². The SMILES string of the molecule is Nc1ccc2sc(Oc3c(Cl)cc(NS(=O)(=O)c4ccc(C(F)(F)F)cc4Cl)cc3Cl)nc2c1. The largest absolute Gasteiger partial charge is 0.428 e. The molecule has 0 spiro atoms. The first-order valence-corrected chi connectivity index (χ1v) is 12.5. The number of alkyl halides is 3. The molecule has 14 heteroatoms. The monoisotopic (exact) mass is 567 g/mol. The van der Waals surface area contributed by atoms with Crippen LogP contribution in [0.4, 0.5) is 24.5 Å². The molecule has 0 saturated carbocycles. The maximum absolute atomic E-state index is 12.8. The van der Waals surface area contributed by atoms with Gasteiger partial charge in [0.05, 0.1) is 36.5 Å². The highest BCUT2D eigenvalue weighted by Crippen LogP contribution is 2.42. The van der Waals surface area contributed by atoms with Gasteiger partial charge in [-0.25, -0.2) is 13.4 Å². The summed E-state index contributed by atoms with van der Waals surface area (Å²) < 4.78 is 72.6.